The molecule has 0 atom stereocenters. The Hall–Kier alpha value is -3.76. The van der Waals surface area contributed by atoms with Gasteiger partial charge in [-0.15, -0.1) is 11.3 Å². The van der Waals surface area contributed by atoms with Gasteiger partial charge >= 0.3 is 6.03 Å². The smallest absolute Gasteiger partial charge is 0.323 e. The normalized spacial score (nSPS) is 13.2. The quantitative estimate of drug-likeness (QED) is 0.189. The fourth-order valence-corrected chi connectivity index (χ4v) is 6.82. The summed E-state index contributed by atoms with van der Waals surface area (Å²) in [4.78, 5) is 34.2. The predicted octanol–water partition coefficient (Wildman–Crippen LogP) is 7.40. The van der Waals surface area contributed by atoms with Crippen LogP contribution < -0.4 is 20.0 Å². The average molecular weight is 616 g/mol. The molecule has 43 heavy (non-hydrogen) atoms. The number of nitrogens with zero attached hydrogens (tertiary/aromatic N) is 6. The van der Waals surface area contributed by atoms with Gasteiger partial charge in [-0.3, -0.25) is 5.32 Å². The Kier molecular flexibility index (Phi) is 10.4. The fraction of sp³-hybridized carbons (Fsp3) is 0.364. The van der Waals surface area contributed by atoms with Gasteiger partial charge in [0.1, 0.15) is 5.82 Å². The number of carbonyl (C=O) groups is 1. The van der Waals surface area contributed by atoms with Crippen LogP contribution in [0.2, 0.25) is 0 Å². The van der Waals surface area contributed by atoms with E-state index in [1.807, 2.05) is 28.5 Å². The maximum atomic E-state index is 13.2. The van der Waals surface area contributed by atoms with Crippen molar-refractivity contribution < 1.29 is 4.79 Å². The largest absolute Gasteiger partial charge is 0.369 e. The van der Waals surface area contributed by atoms with Gasteiger partial charge in [0.2, 0.25) is 0 Å². The maximum absolute atomic E-state index is 13.2. The van der Waals surface area contributed by atoms with Crippen LogP contribution in [0, 0.1) is 0 Å². The molecular formula is C33H41N7OS2. The number of benzene rings is 2. The molecule has 0 spiro atoms. The van der Waals surface area contributed by atoms with Crippen molar-refractivity contribution >= 4 is 51.6 Å². The highest BCUT2D eigenvalue weighted by molar-refractivity contribution is 7.99. The molecule has 2 aromatic carbocycles. The average Bonchev–Trinajstić information content (AvgIpc) is 3.52. The molecule has 0 unspecified atom stereocenters. The Labute approximate surface area is 263 Å². The van der Waals surface area contributed by atoms with Crippen molar-refractivity contribution in [1.82, 2.24) is 14.9 Å². The number of rotatable bonds is 11. The van der Waals surface area contributed by atoms with Gasteiger partial charge in [0.25, 0.3) is 0 Å². The number of piperazine rings is 1. The van der Waals surface area contributed by atoms with Crippen molar-refractivity contribution in [2.75, 3.05) is 72.4 Å². The molecule has 3 heterocycles. The van der Waals surface area contributed by atoms with E-state index in [1.54, 1.807) is 11.8 Å². The number of thiazole rings is 1. The number of aromatic nitrogens is 2. The van der Waals surface area contributed by atoms with Crippen molar-refractivity contribution in [3.8, 4) is 11.3 Å². The molecule has 2 amide bonds. The number of carbonyl (C=O) groups excluding carboxylic acids is 1. The van der Waals surface area contributed by atoms with Gasteiger partial charge in [0.05, 0.1) is 11.4 Å². The maximum Gasteiger partial charge on any atom is 0.323 e. The number of anilines is 4. The van der Waals surface area contributed by atoms with Crippen molar-refractivity contribution in [3.63, 3.8) is 0 Å². The summed E-state index contributed by atoms with van der Waals surface area (Å²) in [6.45, 7) is 15.1. The van der Waals surface area contributed by atoms with Crippen LogP contribution in [-0.2, 0) is 0 Å². The number of hydrogen-bond donors (Lipinski definition) is 1. The zero-order valence-electron chi connectivity index (χ0n) is 25.5. The standard InChI is InChI=1S/C33H41N7OS2/c1-5-37(6-2)29-18-19-30(38(7-3)8-4)35-31(29)39-20-22-40(23-21-39)33(41)36-32-34-28(24-42-32)25-14-16-27(17-15-25)43-26-12-10-9-11-13-26/h9-19,24H,5-8,20-23H2,1-4H3,(H,34,36,41). The minimum Gasteiger partial charge on any atom is -0.369 e. The van der Waals surface area contributed by atoms with Gasteiger partial charge in [0.15, 0.2) is 10.9 Å². The van der Waals surface area contributed by atoms with E-state index in [0.717, 1.165) is 67.8 Å². The molecule has 226 valence electrons. The van der Waals surface area contributed by atoms with Crippen molar-refractivity contribution in [2.45, 2.75) is 37.5 Å². The van der Waals surface area contributed by atoms with Gasteiger partial charge in [0, 0.05) is 73.1 Å². The third kappa shape index (κ3) is 7.43. The fourth-order valence-electron chi connectivity index (χ4n) is 5.27. The summed E-state index contributed by atoms with van der Waals surface area (Å²) in [6, 6.07) is 23.0. The van der Waals surface area contributed by atoms with Crippen molar-refractivity contribution in [3.05, 3.63) is 72.1 Å². The highest BCUT2D eigenvalue weighted by Crippen LogP contribution is 2.33. The monoisotopic (exact) mass is 615 g/mol. The molecule has 0 bridgehead atoms. The Morgan fingerprint density at radius 1 is 0.814 bits per heavy atom. The number of urea groups is 1. The van der Waals surface area contributed by atoms with E-state index in [0.29, 0.717) is 18.2 Å². The van der Waals surface area contributed by atoms with Gasteiger partial charge in [-0.1, -0.05) is 42.1 Å². The zero-order chi connectivity index (χ0) is 30.2. The molecule has 5 rings (SSSR count). The molecule has 10 heteroatoms. The van der Waals surface area contributed by atoms with Crippen LogP contribution in [-0.4, -0.2) is 73.3 Å². The zero-order valence-corrected chi connectivity index (χ0v) is 27.1. The topological polar surface area (TPSA) is 67.8 Å². The molecule has 8 nitrogen and oxygen atoms in total. The van der Waals surface area contributed by atoms with Crippen LogP contribution in [0.25, 0.3) is 11.3 Å². The molecule has 1 N–H and O–H groups in total. The third-order valence-corrected chi connectivity index (χ3v) is 9.52. The summed E-state index contributed by atoms with van der Waals surface area (Å²) < 4.78 is 0. The summed E-state index contributed by atoms with van der Waals surface area (Å²) >= 11 is 3.19. The van der Waals surface area contributed by atoms with E-state index in [4.69, 9.17) is 9.97 Å². The van der Waals surface area contributed by atoms with Crippen LogP contribution in [0.3, 0.4) is 0 Å². The molecule has 0 saturated carbocycles. The lowest BCUT2D eigenvalue weighted by Gasteiger charge is -2.38. The van der Waals surface area contributed by atoms with E-state index in [1.165, 1.54) is 21.1 Å². The molecule has 4 aromatic rings. The first-order valence-electron chi connectivity index (χ1n) is 15.1. The van der Waals surface area contributed by atoms with E-state index >= 15 is 0 Å². The molecule has 1 aliphatic rings. The van der Waals surface area contributed by atoms with Gasteiger partial charge in [-0.05, 0) is 64.1 Å². The van der Waals surface area contributed by atoms with Crippen LogP contribution in [0.4, 0.5) is 27.2 Å². The number of pyridine rings is 1. The van der Waals surface area contributed by atoms with E-state index in [2.05, 4.69) is 96.2 Å². The summed E-state index contributed by atoms with van der Waals surface area (Å²) in [7, 11) is 0. The van der Waals surface area contributed by atoms with Crippen LogP contribution in [0.5, 0.6) is 0 Å². The number of nitrogens with one attached hydrogen (secondary N) is 1. The second kappa shape index (κ2) is 14.6. The lowest BCUT2D eigenvalue weighted by molar-refractivity contribution is 0.208. The highest BCUT2D eigenvalue weighted by Gasteiger charge is 2.26. The Morgan fingerprint density at radius 2 is 1.47 bits per heavy atom. The number of amides is 2. The van der Waals surface area contributed by atoms with Gasteiger partial charge in [-0.2, -0.15) is 0 Å². The summed E-state index contributed by atoms with van der Waals surface area (Å²) in [5.74, 6) is 2.01. The summed E-state index contributed by atoms with van der Waals surface area (Å²) in [6.07, 6.45) is 0. The molecule has 1 fully saturated rings. The highest BCUT2D eigenvalue weighted by atomic mass is 32.2. The van der Waals surface area contributed by atoms with E-state index in [-0.39, 0.29) is 6.03 Å². The molecule has 2 aromatic heterocycles. The first kappa shape index (κ1) is 30.7. The third-order valence-electron chi connectivity index (χ3n) is 7.74. The second-order valence-corrected chi connectivity index (χ2v) is 12.2. The minimum absolute atomic E-state index is 0.107. The second-order valence-electron chi connectivity index (χ2n) is 10.2. The molecule has 0 aliphatic carbocycles. The van der Waals surface area contributed by atoms with Gasteiger partial charge in [-0.25, -0.2) is 14.8 Å². The molecular weight excluding hydrogens is 575 g/mol. The lowest BCUT2D eigenvalue weighted by atomic mass is 10.2. The van der Waals surface area contributed by atoms with Gasteiger partial charge < -0.3 is 19.6 Å². The summed E-state index contributed by atoms with van der Waals surface area (Å²) in [5.41, 5.74) is 3.05. The minimum atomic E-state index is -0.107. The van der Waals surface area contributed by atoms with Crippen LogP contribution >= 0.6 is 23.1 Å². The molecule has 1 saturated heterocycles. The van der Waals surface area contributed by atoms with Crippen LogP contribution in [0.1, 0.15) is 27.7 Å². The Morgan fingerprint density at radius 3 is 2.12 bits per heavy atom. The van der Waals surface area contributed by atoms with Crippen molar-refractivity contribution in [1.29, 1.82) is 0 Å². The van der Waals surface area contributed by atoms with Crippen LogP contribution in [0.15, 0.2) is 81.9 Å². The Bertz CT molecular complexity index is 1460. The molecule has 0 radical (unpaired) electrons. The predicted molar refractivity (Wildman–Crippen MR) is 182 cm³/mol. The first-order valence-corrected chi connectivity index (χ1v) is 16.8. The SMILES string of the molecule is CCN(CC)c1ccc(N(CC)CC)c(N2CCN(C(=O)Nc3nc(-c4ccc(Sc5ccccc5)cc4)cs3)CC2)n1. The van der Waals surface area contributed by atoms with E-state index in [9.17, 15) is 4.79 Å². The number of hydrogen-bond acceptors (Lipinski definition) is 8. The Balaban J connectivity index is 1.20. The first-order chi connectivity index (χ1) is 21.0. The summed E-state index contributed by atoms with van der Waals surface area (Å²) in [5, 5.41) is 5.64. The molecule has 1 aliphatic heterocycles. The van der Waals surface area contributed by atoms with E-state index < -0.39 is 0 Å². The van der Waals surface area contributed by atoms with Crippen molar-refractivity contribution in [2.24, 2.45) is 0 Å². The lowest BCUT2D eigenvalue weighted by Crippen LogP contribution is -2.50.